The molecule has 1 aliphatic carbocycles. The minimum Gasteiger partial charge on any atom is -0.345 e. The molecule has 3 aliphatic rings. The molecule has 0 unspecified atom stereocenters. The second-order valence-electron chi connectivity index (χ2n) is 14.7. The summed E-state index contributed by atoms with van der Waals surface area (Å²) < 4.78 is 0. The van der Waals surface area contributed by atoms with E-state index in [0.29, 0.717) is 0 Å². The molecule has 3 nitrogen and oxygen atoms in total. The molecule has 0 amide bonds. The number of hydrogen-bond donors (Lipinski definition) is 0. The second kappa shape index (κ2) is 13.4. The minimum absolute atomic E-state index is 0.0779. The van der Waals surface area contributed by atoms with E-state index in [-0.39, 0.29) is 10.8 Å². The van der Waals surface area contributed by atoms with Crippen molar-refractivity contribution < 1.29 is 0 Å². The van der Waals surface area contributed by atoms with Gasteiger partial charge in [0.05, 0.1) is 5.70 Å². The van der Waals surface area contributed by atoms with Gasteiger partial charge in [-0.2, -0.15) is 0 Å². The predicted molar refractivity (Wildman–Crippen MR) is 214 cm³/mol. The minimum atomic E-state index is -0.115. The van der Waals surface area contributed by atoms with Crippen LogP contribution in [0.4, 0.5) is 22.7 Å². The summed E-state index contributed by atoms with van der Waals surface area (Å²) >= 11 is 0. The summed E-state index contributed by atoms with van der Waals surface area (Å²) in [5.41, 5.74) is 15.6. The molecule has 0 radical (unpaired) electrons. The molecule has 7 rings (SSSR count). The molecule has 0 aromatic heterocycles. The molecule has 0 N–H and O–H groups in total. The van der Waals surface area contributed by atoms with Crippen LogP contribution in [0.1, 0.15) is 72.4 Å². The van der Waals surface area contributed by atoms with E-state index in [4.69, 9.17) is 0 Å². The molecule has 254 valence electrons. The third kappa shape index (κ3) is 5.63. The van der Waals surface area contributed by atoms with Gasteiger partial charge >= 0.3 is 0 Å². The largest absolute Gasteiger partial charge is 0.345 e. The number of para-hydroxylation sites is 4. The van der Waals surface area contributed by atoms with Crippen LogP contribution in [0, 0.1) is 0 Å². The van der Waals surface area contributed by atoms with Crippen molar-refractivity contribution in [2.45, 2.75) is 72.1 Å². The van der Waals surface area contributed by atoms with Crippen molar-refractivity contribution in [2.24, 2.45) is 0 Å². The van der Waals surface area contributed by atoms with Gasteiger partial charge in [0.1, 0.15) is 0 Å². The van der Waals surface area contributed by atoms with E-state index in [9.17, 15) is 0 Å². The lowest BCUT2D eigenvalue weighted by Gasteiger charge is -2.42. The van der Waals surface area contributed by atoms with E-state index in [0.717, 1.165) is 25.9 Å². The van der Waals surface area contributed by atoms with Crippen molar-refractivity contribution in [1.82, 2.24) is 0 Å². The standard InChI is InChI=1S/C47H51N3/c1-8-48-34(3)39(46(4,5)40-24-16-18-26-42(40)48)32-30-35-28-29-36(31-33-44-47(6,7)41-25-17-19-27-43(41)49(44)9-2)45(35)50(37-20-12-10-13-21-37)38-22-14-11-15-23-38/h10-27,30-33H,8-9,28-29H2,1-7H3/b32-30+,36-31+,44-33+. The van der Waals surface area contributed by atoms with Crippen LogP contribution in [0.3, 0.4) is 0 Å². The average Bonchev–Trinajstić information content (AvgIpc) is 3.62. The molecule has 0 saturated carbocycles. The van der Waals surface area contributed by atoms with E-state index < -0.39 is 0 Å². The van der Waals surface area contributed by atoms with Crippen molar-refractivity contribution >= 4 is 22.7 Å². The van der Waals surface area contributed by atoms with Crippen LogP contribution < -0.4 is 14.7 Å². The predicted octanol–water partition coefficient (Wildman–Crippen LogP) is 12.1. The second-order valence-corrected chi connectivity index (χ2v) is 14.7. The average molecular weight is 658 g/mol. The Morgan fingerprint density at radius 1 is 0.600 bits per heavy atom. The lowest BCUT2D eigenvalue weighted by atomic mass is 9.73. The Morgan fingerprint density at radius 3 is 1.70 bits per heavy atom. The molecule has 3 heteroatoms. The zero-order chi connectivity index (χ0) is 35.0. The van der Waals surface area contributed by atoms with Crippen LogP contribution in [0.2, 0.25) is 0 Å². The number of benzene rings is 4. The van der Waals surface area contributed by atoms with Crippen molar-refractivity contribution in [3.05, 3.63) is 178 Å². The highest BCUT2D eigenvalue weighted by Crippen LogP contribution is 2.49. The Bertz CT molecular complexity index is 2000. The monoisotopic (exact) mass is 657 g/mol. The highest BCUT2D eigenvalue weighted by atomic mass is 15.2. The van der Waals surface area contributed by atoms with Gasteiger partial charge in [0, 0.05) is 58.1 Å². The quantitative estimate of drug-likeness (QED) is 0.187. The molecule has 0 spiro atoms. The van der Waals surface area contributed by atoms with Gasteiger partial charge in [0.25, 0.3) is 0 Å². The van der Waals surface area contributed by atoms with Crippen LogP contribution in [-0.2, 0) is 10.8 Å². The maximum absolute atomic E-state index is 2.50. The normalized spacial score (nSPS) is 19.6. The molecule has 50 heavy (non-hydrogen) atoms. The third-order valence-corrected chi connectivity index (χ3v) is 11.2. The van der Waals surface area contributed by atoms with Gasteiger partial charge in [-0.3, -0.25) is 0 Å². The van der Waals surface area contributed by atoms with Gasteiger partial charge in [-0.25, -0.2) is 0 Å². The summed E-state index contributed by atoms with van der Waals surface area (Å²) in [6, 6.07) is 39.6. The van der Waals surface area contributed by atoms with Gasteiger partial charge in [0.2, 0.25) is 0 Å². The highest BCUT2D eigenvalue weighted by Gasteiger charge is 2.39. The summed E-state index contributed by atoms with van der Waals surface area (Å²) in [4.78, 5) is 7.45. The number of likely N-dealkylation sites (N-methyl/N-ethyl adjacent to an activating group) is 1. The highest BCUT2D eigenvalue weighted by molar-refractivity contribution is 5.76. The van der Waals surface area contributed by atoms with Crippen LogP contribution >= 0.6 is 0 Å². The van der Waals surface area contributed by atoms with Crippen LogP contribution in [0.5, 0.6) is 0 Å². The van der Waals surface area contributed by atoms with Crippen molar-refractivity contribution in [3.8, 4) is 0 Å². The van der Waals surface area contributed by atoms with E-state index in [1.54, 1.807) is 0 Å². The Kier molecular flexibility index (Phi) is 8.95. The fourth-order valence-electron chi connectivity index (χ4n) is 8.63. The van der Waals surface area contributed by atoms with E-state index >= 15 is 0 Å². The van der Waals surface area contributed by atoms with Gasteiger partial charge in [0.15, 0.2) is 0 Å². The molecule has 0 atom stereocenters. The molecular formula is C47H51N3. The molecule has 0 fully saturated rings. The Hall–Kier alpha value is -5.02. The topological polar surface area (TPSA) is 9.72 Å². The van der Waals surface area contributed by atoms with Gasteiger partial charge < -0.3 is 14.7 Å². The number of allylic oxidation sites excluding steroid dienone is 9. The number of anilines is 4. The summed E-state index contributed by atoms with van der Waals surface area (Å²) in [7, 11) is 0. The lowest BCUT2D eigenvalue weighted by Crippen LogP contribution is -2.35. The summed E-state index contributed by atoms with van der Waals surface area (Å²) in [5, 5.41) is 0. The summed E-state index contributed by atoms with van der Waals surface area (Å²) in [6.45, 7) is 18.2. The maximum atomic E-state index is 2.50. The van der Waals surface area contributed by atoms with Crippen LogP contribution in [0.15, 0.2) is 167 Å². The Balaban J connectivity index is 1.40. The van der Waals surface area contributed by atoms with E-state index in [2.05, 4.69) is 197 Å². The van der Waals surface area contributed by atoms with Crippen molar-refractivity contribution in [1.29, 1.82) is 0 Å². The Labute approximate surface area is 300 Å². The van der Waals surface area contributed by atoms with Crippen LogP contribution in [-0.4, -0.2) is 13.1 Å². The van der Waals surface area contributed by atoms with Crippen LogP contribution in [0.25, 0.3) is 0 Å². The lowest BCUT2D eigenvalue weighted by molar-refractivity contribution is 0.609. The molecule has 2 heterocycles. The SMILES string of the molecule is CCN1C(C)=C(/C=C/C2=C(N(c3ccccc3)c3ccccc3)C(=C/C=C3/N(CC)c4ccccc4C3(C)C)/CC2)C(C)(C)c2ccccc21. The zero-order valence-electron chi connectivity index (χ0n) is 30.9. The Morgan fingerprint density at radius 2 is 1.12 bits per heavy atom. The number of rotatable bonds is 8. The van der Waals surface area contributed by atoms with Gasteiger partial charge in [-0.15, -0.1) is 0 Å². The van der Waals surface area contributed by atoms with Crippen molar-refractivity contribution in [2.75, 3.05) is 27.8 Å². The first-order valence-electron chi connectivity index (χ1n) is 18.4. The molecule has 0 saturated heterocycles. The fourth-order valence-corrected chi connectivity index (χ4v) is 8.63. The summed E-state index contributed by atoms with van der Waals surface area (Å²) in [5.74, 6) is 0. The molecule has 0 bridgehead atoms. The van der Waals surface area contributed by atoms with Crippen molar-refractivity contribution in [3.63, 3.8) is 0 Å². The fraction of sp³-hybridized carbons (Fsp3) is 0.277. The molecule has 2 aliphatic heterocycles. The van der Waals surface area contributed by atoms with Gasteiger partial charge in [-0.1, -0.05) is 119 Å². The number of nitrogens with zero attached hydrogens (tertiary/aromatic N) is 3. The number of hydrogen-bond acceptors (Lipinski definition) is 3. The smallest absolute Gasteiger partial charge is 0.0525 e. The van der Waals surface area contributed by atoms with E-state index in [1.165, 1.54) is 67.7 Å². The first-order valence-corrected chi connectivity index (χ1v) is 18.4. The molecule has 4 aromatic carbocycles. The van der Waals surface area contributed by atoms with Gasteiger partial charge in [-0.05, 0) is 104 Å². The molecule has 4 aromatic rings. The maximum Gasteiger partial charge on any atom is 0.0525 e. The first kappa shape index (κ1) is 33.5. The molecular weight excluding hydrogens is 607 g/mol. The van der Waals surface area contributed by atoms with E-state index in [1.807, 2.05) is 0 Å². The first-order chi connectivity index (χ1) is 24.2. The zero-order valence-corrected chi connectivity index (χ0v) is 30.9. The number of fused-ring (bicyclic) bond motifs is 2. The summed E-state index contributed by atoms with van der Waals surface area (Å²) in [6.07, 6.45) is 11.7. The third-order valence-electron chi connectivity index (χ3n) is 11.2.